The first kappa shape index (κ1) is 11.2. The second-order valence-corrected chi connectivity index (χ2v) is 4.33. The number of benzene rings is 1. The molecule has 2 rings (SSSR count). The van der Waals surface area contributed by atoms with Crippen molar-refractivity contribution in [3.8, 4) is 11.1 Å². The molecule has 1 aromatic carbocycles. The fourth-order valence-corrected chi connectivity index (χ4v) is 2.16. The van der Waals surface area contributed by atoms with Crippen LogP contribution in [-0.2, 0) is 0 Å². The summed E-state index contributed by atoms with van der Waals surface area (Å²) in [4.78, 5) is 0. The van der Waals surface area contributed by atoms with Crippen LogP contribution < -0.4 is 0 Å². The van der Waals surface area contributed by atoms with Crippen LogP contribution in [0.2, 0.25) is 0 Å². The molecule has 0 amide bonds. The molecule has 0 fully saturated rings. The van der Waals surface area contributed by atoms with Crippen molar-refractivity contribution in [1.82, 2.24) is 0 Å². The molecule has 84 valence electrons. The van der Waals surface area contributed by atoms with Gasteiger partial charge in [0.1, 0.15) is 11.6 Å². The van der Waals surface area contributed by atoms with Gasteiger partial charge in [0.05, 0.1) is 11.7 Å². The maximum absolute atomic E-state index is 13.7. The van der Waals surface area contributed by atoms with E-state index >= 15 is 0 Å². The Hall–Kier alpha value is -1.26. The highest BCUT2D eigenvalue weighted by atomic mass is 32.1. The monoisotopic (exact) mass is 240 g/mol. The maximum Gasteiger partial charge on any atom is 0.134 e. The lowest BCUT2D eigenvalue weighted by Crippen LogP contribution is -1.97. The highest BCUT2D eigenvalue weighted by Gasteiger charge is 2.15. The van der Waals surface area contributed by atoms with Gasteiger partial charge in [-0.15, -0.1) is 0 Å². The largest absolute Gasteiger partial charge is 0.389 e. The van der Waals surface area contributed by atoms with Crippen molar-refractivity contribution in [2.24, 2.45) is 0 Å². The van der Waals surface area contributed by atoms with E-state index in [1.807, 2.05) is 0 Å². The minimum absolute atomic E-state index is 0.0364. The molecule has 4 heteroatoms. The summed E-state index contributed by atoms with van der Waals surface area (Å²) in [6, 6.07) is 4.00. The summed E-state index contributed by atoms with van der Waals surface area (Å²) in [7, 11) is 0. The lowest BCUT2D eigenvalue weighted by atomic mass is 10.0. The number of halogens is 2. The SMILES string of the molecule is CC(O)c1cc(F)c(-c2ccsc2)c(F)c1. The van der Waals surface area contributed by atoms with Crippen LogP contribution in [0.25, 0.3) is 11.1 Å². The van der Waals surface area contributed by atoms with E-state index in [-0.39, 0.29) is 11.1 Å². The fraction of sp³-hybridized carbons (Fsp3) is 0.167. The van der Waals surface area contributed by atoms with Gasteiger partial charge in [0.25, 0.3) is 0 Å². The van der Waals surface area contributed by atoms with Crippen LogP contribution in [-0.4, -0.2) is 5.11 Å². The minimum Gasteiger partial charge on any atom is -0.389 e. The van der Waals surface area contributed by atoms with Gasteiger partial charge in [0.15, 0.2) is 0 Å². The average Bonchev–Trinajstić information content (AvgIpc) is 2.69. The van der Waals surface area contributed by atoms with Crippen molar-refractivity contribution in [1.29, 1.82) is 0 Å². The number of aliphatic hydroxyl groups is 1. The molecule has 1 atom stereocenters. The molecule has 0 saturated carbocycles. The zero-order valence-corrected chi connectivity index (χ0v) is 9.39. The summed E-state index contributed by atoms with van der Waals surface area (Å²) in [5.74, 6) is -1.29. The summed E-state index contributed by atoms with van der Waals surface area (Å²) >= 11 is 1.38. The first-order chi connectivity index (χ1) is 7.59. The molecule has 1 heterocycles. The topological polar surface area (TPSA) is 20.2 Å². The zero-order valence-electron chi connectivity index (χ0n) is 8.58. The molecule has 16 heavy (non-hydrogen) atoms. The maximum atomic E-state index is 13.7. The number of rotatable bonds is 2. The van der Waals surface area contributed by atoms with Crippen molar-refractivity contribution >= 4 is 11.3 Å². The van der Waals surface area contributed by atoms with E-state index in [0.29, 0.717) is 5.56 Å². The third-order valence-electron chi connectivity index (χ3n) is 2.36. The number of hydrogen-bond acceptors (Lipinski definition) is 2. The lowest BCUT2D eigenvalue weighted by Gasteiger charge is -2.08. The first-order valence-electron chi connectivity index (χ1n) is 4.79. The molecule has 0 aliphatic rings. The van der Waals surface area contributed by atoms with Gasteiger partial charge in [0.2, 0.25) is 0 Å². The van der Waals surface area contributed by atoms with Gasteiger partial charge >= 0.3 is 0 Å². The number of thiophene rings is 1. The third-order valence-corrected chi connectivity index (χ3v) is 3.04. The highest BCUT2D eigenvalue weighted by Crippen LogP contribution is 2.30. The minimum atomic E-state index is -0.875. The Balaban J connectivity index is 2.56. The van der Waals surface area contributed by atoms with E-state index in [0.717, 1.165) is 0 Å². The molecule has 0 aliphatic carbocycles. The normalized spacial score (nSPS) is 12.8. The van der Waals surface area contributed by atoms with E-state index < -0.39 is 17.7 Å². The molecule has 1 unspecified atom stereocenters. The second kappa shape index (κ2) is 4.31. The molecule has 0 spiro atoms. The summed E-state index contributed by atoms with van der Waals surface area (Å²) in [6.07, 6.45) is -0.875. The Morgan fingerprint density at radius 1 is 1.25 bits per heavy atom. The van der Waals surface area contributed by atoms with Crippen LogP contribution in [0.15, 0.2) is 29.0 Å². The Morgan fingerprint density at radius 2 is 1.88 bits per heavy atom. The Morgan fingerprint density at radius 3 is 2.31 bits per heavy atom. The van der Waals surface area contributed by atoms with Gasteiger partial charge in [-0.3, -0.25) is 0 Å². The summed E-state index contributed by atoms with van der Waals surface area (Å²) in [5.41, 5.74) is 0.733. The van der Waals surface area contributed by atoms with Crippen LogP contribution in [0.3, 0.4) is 0 Å². The molecule has 0 aliphatic heterocycles. The van der Waals surface area contributed by atoms with Crippen LogP contribution in [0.5, 0.6) is 0 Å². The predicted octanol–water partition coefficient (Wildman–Crippen LogP) is 3.75. The van der Waals surface area contributed by atoms with Crippen LogP contribution in [0.4, 0.5) is 8.78 Å². The standard InChI is InChI=1S/C12H10F2OS/c1-7(15)9-4-10(13)12(11(14)5-9)8-2-3-16-6-8/h2-7,15H,1H3. The molecule has 0 bridgehead atoms. The third kappa shape index (κ3) is 1.99. The fourth-order valence-electron chi connectivity index (χ4n) is 1.52. The molecule has 1 nitrogen and oxygen atoms in total. The smallest absolute Gasteiger partial charge is 0.134 e. The summed E-state index contributed by atoms with van der Waals surface area (Å²) < 4.78 is 27.4. The van der Waals surface area contributed by atoms with Gasteiger partial charge in [-0.05, 0) is 47.0 Å². The van der Waals surface area contributed by atoms with Crippen LogP contribution in [0.1, 0.15) is 18.6 Å². The van der Waals surface area contributed by atoms with Gasteiger partial charge in [-0.2, -0.15) is 11.3 Å². The number of aliphatic hydroxyl groups excluding tert-OH is 1. The molecular weight excluding hydrogens is 230 g/mol. The van der Waals surface area contributed by atoms with Crippen molar-refractivity contribution in [2.45, 2.75) is 13.0 Å². The Kier molecular flexibility index (Phi) is 3.03. The first-order valence-corrected chi connectivity index (χ1v) is 5.73. The molecule has 0 radical (unpaired) electrons. The molecule has 2 aromatic rings. The quantitative estimate of drug-likeness (QED) is 0.847. The zero-order chi connectivity index (χ0) is 11.7. The van der Waals surface area contributed by atoms with Crippen molar-refractivity contribution in [3.05, 3.63) is 46.2 Å². The Labute approximate surface area is 96.0 Å². The predicted molar refractivity (Wildman–Crippen MR) is 60.3 cm³/mol. The Bertz CT molecular complexity index is 469. The van der Waals surface area contributed by atoms with E-state index in [9.17, 15) is 13.9 Å². The molecular formula is C12H10F2OS. The van der Waals surface area contributed by atoms with E-state index in [2.05, 4.69) is 0 Å². The van der Waals surface area contributed by atoms with Crippen LogP contribution in [0, 0.1) is 11.6 Å². The van der Waals surface area contributed by atoms with Gasteiger partial charge in [-0.25, -0.2) is 8.78 Å². The molecule has 0 saturated heterocycles. The molecule has 1 aromatic heterocycles. The second-order valence-electron chi connectivity index (χ2n) is 3.55. The van der Waals surface area contributed by atoms with Gasteiger partial charge in [-0.1, -0.05) is 0 Å². The van der Waals surface area contributed by atoms with Crippen molar-refractivity contribution in [2.75, 3.05) is 0 Å². The van der Waals surface area contributed by atoms with E-state index in [1.165, 1.54) is 30.4 Å². The van der Waals surface area contributed by atoms with E-state index in [4.69, 9.17) is 0 Å². The lowest BCUT2D eigenvalue weighted by molar-refractivity contribution is 0.198. The van der Waals surface area contributed by atoms with Crippen molar-refractivity contribution < 1.29 is 13.9 Å². The summed E-state index contributed by atoms with van der Waals surface area (Å²) in [6.45, 7) is 1.47. The van der Waals surface area contributed by atoms with E-state index in [1.54, 1.807) is 16.8 Å². The van der Waals surface area contributed by atoms with Crippen LogP contribution >= 0.6 is 11.3 Å². The number of hydrogen-bond donors (Lipinski definition) is 1. The molecule has 1 N–H and O–H groups in total. The van der Waals surface area contributed by atoms with Crippen molar-refractivity contribution in [3.63, 3.8) is 0 Å². The average molecular weight is 240 g/mol. The summed E-state index contributed by atoms with van der Waals surface area (Å²) in [5, 5.41) is 12.7. The van der Waals surface area contributed by atoms with Gasteiger partial charge < -0.3 is 5.11 Å². The highest BCUT2D eigenvalue weighted by molar-refractivity contribution is 7.08. The van der Waals surface area contributed by atoms with Gasteiger partial charge in [0, 0.05) is 0 Å².